The summed E-state index contributed by atoms with van der Waals surface area (Å²) in [6, 6.07) is 5.95. The van der Waals surface area contributed by atoms with E-state index in [0.717, 1.165) is 0 Å². The molecule has 0 spiro atoms. The molecule has 0 N–H and O–H groups in total. The molecule has 0 radical (unpaired) electrons. The van der Waals surface area contributed by atoms with Gasteiger partial charge in [0.15, 0.2) is 0 Å². The first-order valence-corrected chi connectivity index (χ1v) is 5.47. The number of ketones is 1. The van der Waals surface area contributed by atoms with E-state index in [4.69, 9.17) is 4.74 Å². The third-order valence-corrected chi connectivity index (χ3v) is 3.22. The van der Waals surface area contributed by atoms with Crippen LogP contribution in [0.3, 0.4) is 0 Å². The molecule has 4 heteroatoms. The number of esters is 1. The molecule has 0 aromatic heterocycles. The zero-order valence-electron chi connectivity index (χ0n) is 9.53. The summed E-state index contributed by atoms with van der Waals surface area (Å²) in [7, 11) is 0. The second-order valence-corrected chi connectivity index (χ2v) is 4.33. The van der Waals surface area contributed by atoms with Crippen LogP contribution in [0.1, 0.15) is 18.9 Å². The number of hydrogen-bond donors (Lipinski definition) is 0. The van der Waals surface area contributed by atoms with Gasteiger partial charge in [-0.2, -0.15) is 0 Å². The molecule has 1 aromatic rings. The zero-order chi connectivity index (χ0) is 12.5. The van der Waals surface area contributed by atoms with E-state index in [1.54, 1.807) is 12.1 Å². The molecular weight excluding hydrogens is 223 g/mol. The third kappa shape index (κ3) is 2.07. The lowest BCUT2D eigenvalue weighted by molar-refractivity contribution is -0.150. The molecule has 1 saturated heterocycles. The number of halogens is 1. The van der Waals surface area contributed by atoms with Gasteiger partial charge in [-0.25, -0.2) is 4.39 Å². The minimum Gasteiger partial charge on any atom is -0.465 e. The lowest BCUT2D eigenvalue weighted by Gasteiger charge is -2.21. The first-order chi connectivity index (χ1) is 8.04. The summed E-state index contributed by atoms with van der Waals surface area (Å²) in [4.78, 5) is 23.4. The molecule has 1 atom stereocenters. The minimum absolute atomic E-state index is 0.207. The predicted molar refractivity (Wildman–Crippen MR) is 58.8 cm³/mol. The van der Waals surface area contributed by atoms with Crippen molar-refractivity contribution in [3.8, 4) is 0 Å². The van der Waals surface area contributed by atoms with Gasteiger partial charge in [-0.1, -0.05) is 12.1 Å². The molecule has 17 heavy (non-hydrogen) atoms. The van der Waals surface area contributed by atoms with Crippen LogP contribution in [0.4, 0.5) is 4.39 Å². The van der Waals surface area contributed by atoms with E-state index in [1.807, 2.05) is 0 Å². The molecular formula is C13H13FO3. The number of carbonyl (C=O) groups is 2. The summed E-state index contributed by atoms with van der Waals surface area (Å²) < 4.78 is 17.9. The molecule has 0 amide bonds. The maximum atomic E-state index is 13.1. The Bertz CT molecular complexity index is 469. The first-order valence-electron chi connectivity index (χ1n) is 5.47. The summed E-state index contributed by atoms with van der Waals surface area (Å²) in [5.74, 6) is -1.08. The average Bonchev–Trinajstić information content (AvgIpc) is 2.61. The van der Waals surface area contributed by atoms with Gasteiger partial charge in [0.25, 0.3) is 0 Å². The van der Waals surface area contributed by atoms with Gasteiger partial charge in [0.1, 0.15) is 17.0 Å². The highest BCUT2D eigenvalue weighted by atomic mass is 19.1. The number of carbonyl (C=O) groups excluding carboxylic acids is 2. The zero-order valence-corrected chi connectivity index (χ0v) is 9.53. The number of cyclic esters (lactones) is 1. The lowest BCUT2D eigenvalue weighted by atomic mass is 9.77. The standard InChI is InChI=1S/C13H13FO3/c1-9(15)13(5-6-17-12(13)16)8-10-3-2-4-11(14)7-10/h2-4,7H,5-6,8H2,1H3. The Hall–Kier alpha value is -1.71. The monoisotopic (exact) mass is 236 g/mol. The van der Waals surface area contributed by atoms with Crippen LogP contribution in [-0.2, 0) is 20.7 Å². The van der Waals surface area contributed by atoms with Crippen LogP contribution >= 0.6 is 0 Å². The van der Waals surface area contributed by atoms with Gasteiger partial charge in [-0.05, 0) is 31.0 Å². The molecule has 0 aliphatic carbocycles. The normalized spacial score (nSPS) is 23.5. The van der Waals surface area contributed by atoms with Crippen LogP contribution in [0.2, 0.25) is 0 Å². The molecule has 0 bridgehead atoms. The Morgan fingerprint density at radius 3 is 2.82 bits per heavy atom. The molecule has 1 fully saturated rings. The van der Waals surface area contributed by atoms with Crippen molar-refractivity contribution in [2.45, 2.75) is 19.8 Å². The Kier molecular flexibility index (Phi) is 2.96. The van der Waals surface area contributed by atoms with Crippen molar-refractivity contribution in [1.29, 1.82) is 0 Å². The fourth-order valence-corrected chi connectivity index (χ4v) is 2.16. The molecule has 1 unspecified atom stereocenters. The Labute approximate surface area is 98.6 Å². The minimum atomic E-state index is -1.12. The van der Waals surface area contributed by atoms with Crippen molar-refractivity contribution in [2.24, 2.45) is 5.41 Å². The number of rotatable bonds is 3. The van der Waals surface area contributed by atoms with Gasteiger partial charge >= 0.3 is 5.97 Å². The Morgan fingerprint density at radius 1 is 1.53 bits per heavy atom. The van der Waals surface area contributed by atoms with Gasteiger partial charge in [0.2, 0.25) is 0 Å². The lowest BCUT2D eigenvalue weighted by Crippen LogP contribution is -2.36. The second-order valence-electron chi connectivity index (χ2n) is 4.33. The molecule has 1 aromatic carbocycles. The highest BCUT2D eigenvalue weighted by molar-refractivity contribution is 6.04. The highest BCUT2D eigenvalue weighted by Gasteiger charge is 2.48. The number of ether oxygens (including phenoxy) is 1. The van der Waals surface area contributed by atoms with Gasteiger partial charge in [-0.15, -0.1) is 0 Å². The number of Topliss-reactive ketones (excluding diaryl/α,β-unsaturated/α-hetero) is 1. The number of benzene rings is 1. The maximum Gasteiger partial charge on any atom is 0.320 e. The van der Waals surface area contributed by atoms with Crippen LogP contribution in [0.15, 0.2) is 24.3 Å². The topological polar surface area (TPSA) is 43.4 Å². The average molecular weight is 236 g/mol. The highest BCUT2D eigenvalue weighted by Crippen LogP contribution is 2.35. The second kappa shape index (κ2) is 4.28. The van der Waals surface area contributed by atoms with Crippen molar-refractivity contribution < 1.29 is 18.7 Å². The van der Waals surface area contributed by atoms with E-state index in [1.165, 1.54) is 19.1 Å². The van der Waals surface area contributed by atoms with Gasteiger partial charge in [0.05, 0.1) is 6.61 Å². The molecule has 0 saturated carbocycles. The van der Waals surface area contributed by atoms with Crippen molar-refractivity contribution >= 4 is 11.8 Å². The van der Waals surface area contributed by atoms with E-state index in [-0.39, 0.29) is 24.6 Å². The summed E-state index contributed by atoms with van der Waals surface area (Å²) in [5, 5.41) is 0. The summed E-state index contributed by atoms with van der Waals surface area (Å²) in [6.07, 6.45) is 0.580. The van der Waals surface area contributed by atoms with Crippen LogP contribution in [0, 0.1) is 11.2 Å². The summed E-state index contributed by atoms with van der Waals surface area (Å²) in [6.45, 7) is 1.64. The van der Waals surface area contributed by atoms with Crippen LogP contribution in [0.5, 0.6) is 0 Å². The van der Waals surface area contributed by atoms with Gasteiger partial charge in [0, 0.05) is 6.42 Å². The quantitative estimate of drug-likeness (QED) is 0.594. The van der Waals surface area contributed by atoms with E-state index < -0.39 is 11.4 Å². The van der Waals surface area contributed by atoms with Crippen LogP contribution in [0.25, 0.3) is 0 Å². The summed E-state index contributed by atoms with van der Waals surface area (Å²) in [5.41, 5.74) is -0.479. The molecule has 1 aliphatic heterocycles. The SMILES string of the molecule is CC(=O)C1(Cc2cccc(F)c2)CCOC1=O. The van der Waals surface area contributed by atoms with Crippen molar-refractivity contribution in [3.05, 3.63) is 35.6 Å². The smallest absolute Gasteiger partial charge is 0.320 e. The number of hydrogen-bond acceptors (Lipinski definition) is 3. The molecule has 2 rings (SSSR count). The van der Waals surface area contributed by atoms with Crippen molar-refractivity contribution in [1.82, 2.24) is 0 Å². The van der Waals surface area contributed by atoms with Gasteiger partial charge < -0.3 is 4.74 Å². The molecule has 1 aliphatic rings. The third-order valence-electron chi connectivity index (χ3n) is 3.22. The first kappa shape index (κ1) is 11.8. The van der Waals surface area contributed by atoms with Crippen LogP contribution in [-0.4, -0.2) is 18.4 Å². The molecule has 90 valence electrons. The van der Waals surface area contributed by atoms with E-state index in [2.05, 4.69) is 0 Å². The largest absolute Gasteiger partial charge is 0.465 e. The van der Waals surface area contributed by atoms with E-state index in [0.29, 0.717) is 12.0 Å². The van der Waals surface area contributed by atoms with Crippen molar-refractivity contribution in [2.75, 3.05) is 6.61 Å². The Morgan fingerprint density at radius 2 is 2.29 bits per heavy atom. The van der Waals surface area contributed by atoms with Crippen molar-refractivity contribution in [3.63, 3.8) is 0 Å². The van der Waals surface area contributed by atoms with Crippen LogP contribution < -0.4 is 0 Å². The molecule has 1 heterocycles. The van der Waals surface area contributed by atoms with Gasteiger partial charge in [-0.3, -0.25) is 9.59 Å². The Balaban J connectivity index is 2.31. The van der Waals surface area contributed by atoms with E-state index >= 15 is 0 Å². The summed E-state index contributed by atoms with van der Waals surface area (Å²) >= 11 is 0. The predicted octanol–water partition coefficient (Wildman–Crippen LogP) is 1.89. The fraction of sp³-hybridized carbons (Fsp3) is 0.385. The maximum absolute atomic E-state index is 13.1. The van der Waals surface area contributed by atoms with E-state index in [9.17, 15) is 14.0 Å². The fourth-order valence-electron chi connectivity index (χ4n) is 2.16. The molecule has 3 nitrogen and oxygen atoms in total.